The van der Waals surface area contributed by atoms with E-state index in [1.54, 1.807) is 0 Å². The standard InChI is InChI=1S/C19H31NO/c1-4-15(5-2)19(16-9-7-6-8-10-16)20-17-11-13-18(21-3)14-12-17/h6-10,15,17-20H,4-5,11-14H2,1-3H3. The van der Waals surface area contributed by atoms with E-state index in [2.05, 4.69) is 49.5 Å². The van der Waals surface area contributed by atoms with E-state index in [1.807, 2.05) is 7.11 Å². The van der Waals surface area contributed by atoms with E-state index in [0.29, 0.717) is 24.1 Å². The van der Waals surface area contributed by atoms with Crippen molar-refractivity contribution in [3.05, 3.63) is 35.9 Å². The van der Waals surface area contributed by atoms with Crippen LogP contribution in [0.5, 0.6) is 0 Å². The zero-order valence-corrected chi connectivity index (χ0v) is 13.8. The molecular formula is C19H31NO. The number of rotatable bonds is 7. The van der Waals surface area contributed by atoms with Gasteiger partial charge in [-0.25, -0.2) is 0 Å². The minimum absolute atomic E-state index is 0.478. The lowest BCUT2D eigenvalue weighted by atomic mass is 9.86. The Hall–Kier alpha value is -0.860. The van der Waals surface area contributed by atoms with Gasteiger partial charge in [-0.1, -0.05) is 57.0 Å². The van der Waals surface area contributed by atoms with Crippen LogP contribution >= 0.6 is 0 Å². The third-order valence-corrected chi connectivity index (χ3v) is 5.10. The average molecular weight is 289 g/mol. The fourth-order valence-corrected chi connectivity index (χ4v) is 3.64. The van der Waals surface area contributed by atoms with Crippen LogP contribution in [0.25, 0.3) is 0 Å². The molecule has 1 fully saturated rings. The molecule has 2 nitrogen and oxygen atoms in total. The van der Waals surface area contributed by atoms with Gasteiger partial charge in [0.05, 0.1) is 6.10 Å². The minimum Gasteiger partial charge on any atom is -0.381 e. The monoisotopic (exact) mass is 289 g/mol. The molecular weight excluding hydrogens is 258 g/mol. The smallest absolute Gasteiger partial charge is 0.0572 e. The molecule has 0 bridgehead atoms. The van der Waals surface area contributed by atoms with Gasteiger partial charge in [0, 0.05) is 19.2 Å². The first-order chi connectivity index (χ1) is 10.3. The van der Waals surface area contributed by atoms with E-state index in [-0.39, 0.29) is 0 Å². The van der Waals surface area contributed by atoms with E-state index in [4.69, 9.17) is 4.74 Å². The van der Waals surface area contributed by atoms with Crippen LogP contribution in [0.3, 0.4) is 0 Å². The van der Waals surface area contributed by atoms with Gasteiger partial charge >= 0.3 is 0 Å². The first kappa shape index (κ1) is 16.5. The van der Waals surface area contributed by atoms with E-state index in [9.17, 15) is 0 Å². The summed E-state index contributed by atoms with van der Waals surface area (Å²) in [5.74, 6) is 0.715. The van der Waals surface area contributed by atoms with Crippen LogP contribution in [0.15, 0.2) is 30.3 Å². The highest BCUT2D eigenvalue weighted by molar-refractivity contribution is 5.20. The number of methoxy groups -OCH3 is 1. The lowest BCUT2D eigenvalue weighted by Crippen LogP contribution is -2.40. The molecule has 1 aliphatic carbocycles. The summed E-state index contributed by atoms with van der Waals surface area (Å²) in [7, 11) is 1.84. The molecule has 0 saturated heterocycles. The molecule has 1 saturated carbocycles. The second-order valence-corrected chi connectivity index (χ2v) is 6.34. The van der Waals surface area contributed by atoms with E-state index in [0.717, 1.165) is 0 Å². The molecule has 2 rings (SSSR count). The van der Waals surface area contributed by atoms with Crippen molar-refractivity contribution in [3.63, 3.8) is 0 Å². The number of ether oxygens (including phenoxy) is 1. The van der Waals surface area contributed by atoms with Gasteiger partial charge in [0.25, 0.3) is 0 Å². The van der Waals surface area contributed by atoms with Crippen molar-refractivity contribution in [1.82, 2.24) is 5.32 Å². The molecule has 1 aromatic carbocycles. The highest BCUT2D eigenvalue weighted by Crippen LogP contribution is 2.30. The Labute approximate surface area is 130 Å². The Morgan fingerprint density at radius 3 is 2.19 bits per heavy atom. The molecule has 1 atom stereocenters. The Bertz CT molecular complexity index is 380. The predicted octanol–water partition coefficient (Wildman–Crippen LogP) is 4.71. The van der Waals surface area contributed by atoms with Crippen molar-refractivity contribution >= 4 is 0 Å². The van der Waals surface area contributed by atoms with Crippen LogP contribution in [0.4, 0.5) is 0 Å². The quantitative estimate of drug-likeness (QED) is 0.785. The van der Waals surface area contributed by atoms with Gasteiger partial charge in [-0.3, -0.25) is 0 Å². The van der Waals surface area contributed by atoms with Crippen LogP contribution in [0.2, 0.25) is 0 Å². The topological polar surface area (TPSA) is 21.3 Å². The molecule has 0 aliphatic heterocycles. The summed E-state index contributed by atoms with van der Waals surface area (Å²) in [4.78, 5) is 0. The van der Waals surface area contributed by atoms with E-state index in [1.165, 1.54) is 44.1 Å². The number of nitrogens with one attached hydrogen (secondary N) is 1. The van der Waals surface area contributed by atoms with Crippen molar-refractivity contribution in [2.24, 2.45) is 5.92 Å². The summed E-state index contributed by atoms with van der Waals surface area (Å²) in [5, 5.41) is 3.96. The Kier molecular flexibility index (Phi) is 6.72. The fourth-order valence-electron chi connectivity index (χ4n) is 3.64. The molecule has 1 aliphatic rings. The van der Waals surface area contributed by atoms with Crippen molar-refractivity contribution < 1.29 is 4.74 Å². The van der Waals surface area contributed by atoms with Crippen LogP contribution in [-0.2, 0) is 4.74 Å². The van der Waals surface area contributed by atoms with Gasteiger partial charge in [-0.15, -0.1) is 0 Å². The number of hydrogen-bond acceptors (Lipinski definition) is 2. The zero-order valence-electron chi connectivity index (χ0n) is 13.8. The molecule has 1 unspecified atom stereocenters. The fraction of sp³-hybridized carbons (Fsp3) is 0.684. The zero-order chi connectivity index (χ0) is 15.1. The number of benzene rings is 1. The third-order valence-electron chi connectivity index (χ3n) is 5.10. The van der Waals surface area contributed by atoms with Gasteiger partial charge in [-0.05, 0) is 37.2 Å². The van der Waals surface area contributed by atoms with E-state index >= 15 is 0 Å². The second-order valence-electron chi connectivity index (χ2n) is 6.34. The van der Waals surface area contributed by atoms with Crippen LogP contribution < -0.4 is 5.32 Å². The third kappa shape index (κ3) is 4.55. The molecule has 1 N–H and O–H groups in total. The molecule has 1 aromatic rings. The maximum absolute atomic E-state index is 5.49. The first-order valence-corrected chi connectivity index (χ1v) is 8.62. The van der Waals surface area contributed by atoms with Gasteiger partial charge in [-0.2, -0.15) is 0 Å². The summed E-state index contributed by atoms with van der Waals surface area (Å²) in [5.41, 5.74) is 1.44. The number of hydrogen-bond donors (Lipinski definition) is 1. The molecule has 0 heterocycles. The Morgan fingerprint density at radius 2 is 1.67 bits per heavy atom. The normalized spacial score (nSPS) is 24.2. The van der Waals surface area contributed by atoms with Gasteiger partial charge in [0.15, 0.2) is 0 Å². The first-order valence-electron chi connectivity index (χ1n) is 8.62. The van der Waals surface area contributed by atoms with Gasteiger partial charge < -0.3 is 10.1 Å². The van der Waals surface area contributed by atoms with Gasteiger partial charge in [0.1, 0.15) is 0 Å². The highest BCUT2D eigenvalue weighted by Gasteiger charge is 2.26. The SMILES string of the molecule is CCC(CC)C(NC1CCC(OC)CC1)c1ccccc1. The largest absolute Gasteiger partial charge is 0.381 e. The molecule has 118 valence electrons. The minimum atomic E-state index is 0.478. The predicted molar refractivity (Wildman–Crippen MR) is 89.4 cm³/mol. The average Bonchev–Trinajstić information content (AvgIpc) is 2.56. The van der Waals surface area contributed by atoms with E-state index < -0.39 is 0 Å². The molecule has 21 heavy (non-hydrogen) atoms. The highest BCUT2D eigenvalue weighted by atomic mass is 16.5. The van der Waals surface area contributed by atoms with Crippen LogP contribution in [0, 0.1) is 5.92 Å². The molecule has 2 heteroatoms. The molecule has 0 aromatic heterocycles. The lowest BCUT2D eigenvalue weighted by molar-refractivity contribution is 0.0597. The Balaban J connectivity index is 2.03. The Morgan fingerprint density at radius 1 is 1.05 bits per heavy atom. The summed E-state index contributed by atoms with van der Waals surface area (Å²) >= 11 is 0. The van der Waals surface area contributed by atoms with Crippen molar-refractivity contribution in [1.29, 1.82) is 0 Å². The summed E-state index contributed by atoms with van der Waals surface area (Å²) < 4.78 is 5.49. The maximum Gasteiger partial charge on any atom is 0.0572 e. The van der Waals surface area contributed by atoms with Crippen molar-refractivity contribution in [3.8, 4) is 0 Å². The van der Waals surface area contributed by atoms with Gasteiger partial charge in [0.2, 0.25) is 0 Å². The molecule has 0 spiro atoms. The maximum atomic E-state index is 5.49. The van der Waals surface area contributed by atoms with Crippen LogP contribution in [-0.4, -0.2) is 19.3 Å². The van der Waals surface area contributed by atoms with Crippen LogP contribution in [0.1, 0.15) is 64.0 Å². The lowest BCUT2D eigenvalue weighted by Gasteiger charge is -2.35. The van der Waals surface area contributed by atoms with Crippen molar-refractivity contribution in [2.75, 3.05) is 7.11 Å². The molecule has 0 amide bonds. The molecule has 0 radical (unpaired) electrons. The summed E-state index contributed by atoms with van der Waals surface area (Å²) in [6.07, 6.45) is 7.81. The second kappa shape index (κ2) is 8.55. The van der Waals surface area contributed by atoms with Crippen molar-refractivity contribution in [2.45, 2.75) is 70.6 Å². The summed E-state index contributed by atoms with van der Waals surface area (Å²) in [6.45, 7) is 4.63. The summed E-state index contributed by atoms with van der Waals surface area (Å²) in [6, 6.07) is 12.1.